The van der Waals surface area contributed by atoms with E-state index in [2.05, 4.69) is 20.1 Å². The molecule has 0 N–H and O–H groups in total. The highest BCUT2D eigenvalue weighted by Crippen LogP contribution is 2.15. The number of ether oxygens (including phenoxy) is 1. The minimum atomic E-state index is -0.474. The van der Waals surface area contributed by atoms with Gasteiger partial charge in [0, 0.05) is 0 Å². The molecule has 7 heteroatoms. The molecule has 22 heavy (non-hydrogen) atoms. The van der Waals surface area contributed by atoms with Crippen LogP contribution in [0.2, 0.25) is 0 Å². The molecule has 0 saturated carbocycles. The lowest BCUT2D eigenvalue weighted by Crippen LogP contribution is -2.06. The molecule has 0 saturated heterocycles. The molecule has 2 heterocycles. The molecule has 0 unspecified atom stereocenters. The van der Waals surface area contributed by atoms with Crippen LogP contribution in [-0.2, 0) is 11.3 Å². The molecular formula is C15H14N4O3. The maximum absolute atomic E-state index is 12.1. The fourth-order valence-electron chi connectivity index (χ4n) is 1.97. The normalized spacial score (nSPS) is 10.9. The van der Waals surface area contributed by atoms with Crippen molar-refractivity contribution in [3.63, 3.8) is 0 Å². The Morgan fingerprint density at radius 1 is 1.09 bits per heavy atom. The van der Waals surface area contributed by atoms with Crippen molar-refractivity contribution in [2.24, 2.45) is 0 Å². The van der Waals surface area contributed by atoms with E-state index in [4.69, 9.17) is 9.26 Å². The van der Waals surface area contributed by atoms with Gasteiger partial charge in [-0.05, 0) is 39.0 Å². The Morgan fingerprint density at radius 2 is 1.82 bits per heavy atom. The lowest BCUT2D eigenvalue weighted by molar-refractivity contribution is 0.0430. The summed E-state index contributed by atoms with van der Waals surface area (Å²) in [4.78, 5) is 24.9. The van der Waals surface area contributed by atoms with Gasteiger partial charge in [0.2, 0.25) is 0 Å². The molecular weight excluding hydrogens is 284 g/mol. The Bertz CT molecular complexity index is 857. The monoisotopic (exact) mass is 298 g/mol. The molecule has 0 aliphatic rings. The lowest BCUT2D eigenvalue weighted by atomic mass is 10.2. The van der Waals surface area contributed by atoms with Crippen molar-refractivity contribution in [2.75, 3.05) is 0 Å². The third kappa shape index (κ3) is 2.78. The van der Waals surface area contributed by atoms with Gasteiger partial charge in [0.25, 0.3) is 5.89 Å². The molecule has 7 nitrogen and oxygen atoms in total. The third-order valence-corrected chi connectivity index (χ3v) is 3.21. The van der Waals surface area contributed by atoms with Crippen LogP contribution in [0.4, 0.5) is 0 Å². The fraction of sp³-hybridized carbons (Fsp3) is 0.267. The Hall–Kier alpha value is -2.83. The summed E-state index contributed by atoms with van der Waals surface area (Å²) in [5.41, 5.74) is 3.51. The number of fused-ring (bicyclic) bond motifs is 1. The zero-order valence-corrected chi connectivity index (χ0v) is 12.5. The highest BCUT2D eigenvalue weighted by molar-refractivity contribution is 5.93. The van der Waals surface area contributed by atoms with E-state index < -0.39 is 5.97 Å². The lowest BCUT2D eigenvalue weighted by Gasteiger charge is -2.05. The zero-order chi connectivity index (χ0) is 15.7. The predicted molar refractivity (Wildman–Crippen MR) is 77.2 cm³/mol. The number of nitrogens with zero attached hydrogens (tertiary/aromatic N) is 4. The second-order valence-corrected chi connectivity index (χ2v) is 4.91. The molecule has 0 fully saturated rings. The van der Waals surface area contributed by atoms with Gasteiger partial charge in [-0.25, -0.2) is 14.8 Å². The first kappa shape index (κ1) is 14.1. The van der Waals surface area contributed by atoms with Crippen LogP contribution in [0.3, 0.4) is 0 Å². The first-order valence-corrected chi connectivity index (χ1v) is 6.74. The minimum Gasteiger partial charge on any atom is -0.452 e. The molecule has 0 radical (unpaired) electrons. The van der Waals surface area contributed by atoms with Crippen molar-refractivity contribution in [1.82, 2.24) is 20.1 Å². The molecule has 0 aliphatic carbocycles. The molecule has 3 rings (SSSR count). The van der Waals surface area contributed by atoms with E-state index in [9.17, 15) is 4.79 Å². The third-order valence-electron chi connectivity index (χ3n) is 3.21. The topological polar surface area (TPSA) is 91.0 Å². The van der Waals surface area contributed by atoms with Gasteiger partial charge in [0.1, 0.15) is 0 Å². The second kappa shape index (κ2) is 5.51. The molecule has 0 spiro atoms. The predicted octanol–water partition coefficient (Wildman–Crippen LogP) is 2.30. The number of hydrogen-bond donors (Lipinski definition) is 0. The number of aryl methyl sites for hydroxylation is 3. The van der Waals surface area contributed by atoms with Gasteiger partial charge in [0.05, 0.1) is 28.0 Å². The van der Waals surface area contributed by atoms with Gasteiger partial charge in [-0.1, -0.05) is 5.16 Å². The van der Waals surface area contributed by atoms with Crippen LogP contribution >= 0.6 is 0 Å². The Labute approximate surface area is 126 Å². The maximum Gasteiger partial charge on any atom is 0.338 e. The van der Waals surface area contributed by atoms with Gasteiger partial charge in [-0.2, -0.15) is 4.98 Å². The summed E-state index contributed by atoms with van der Waals surface area (Å²) >= 11 is 0. The number of esters is 1. The van der Waals surface area contributed by atoms with E-state index in [-0.39, 0.29) is 12.5 Å². The number of benzene rings is 1. The van der Waals surface area contributed by atoms with Crippen LogP contribution in [0.5, 0.6) is 0 Å². The van der Waals surface area contributed by atoms with Crippen LogP contribution in [0, 0.1) is 20.8 Å². The molecule has 112 valence electrons. The van der Waals surface area contributed by atoms with Gasteiger partial charge in [-0.15, -0.1) is 0 Å². The smallest absolute Gasteiger partial charge is 0.338 e. The molecule has 0 atom stereocenters. The highest BCUT2D eigenvalue weighted by atomic mass is 16.6. The van der Waals surface area contributed by atoms with Crippen molar-refractivity contribution >= 4 is 17.0 Å². The van der Waals surface area contributed by atoms with Gasteiger partial charge in [0.15, 0.2) is 12.4 Å². The zero-order valence-electron chi connectivity index (χ0n) is 12.5. The summed E-state index contributed by atoms with van der Waals surface area (Å²) in [5.74, 6) is 0.286. The number of carbonyl (C=O) groups is 1. The van der Waals surface area contributed by atoms with Crippen LogP contribution in [0.15, 0.2) is 22.7 Å². The molecule has 0 bridgehead atoms. The second-order valence-electron chi connectivity index (χ2n) is 4.91. The number of rotatable bonds is 3. The summed E-state index contributed by atoms with van der Waals surface area (Å²) in [6, 6.07) is 5.07. The molecule has 2 aromatic heterocycles. The number of aromatic nitrogens is 4. The first-order chi connectivity index (χ1) is 10.5. The maximum atomic E-state index is 12.1. The van der Waals surface area contributed by atoms with Crippen molar-refractivity contribution in [2.45, 2.75) is 27.4 Å². The quantitative estimate of drug-likeness (QED) is 0.685. The van der Waals surface area contributed by atoms with Crippen molar-refractivity contribution < 1.29 is 14.1 Å². The summed E-state index contributed by atoms with van der Waals surface area (Å²) in [6.45, 7) is 5.42. The average Bonchev–Trinajstić information content (AvgIpc) is 2.91. The van der Waals surface area contributed by atoms with Gasteiger partial charge in [-0.3, -0.25) is 0 Å². The minimum absolute atomic E-state index is 0.0592. The van der Waals surface area contributed by atoms with Crippen molar-refractivity contribution in [3.05, 3.63) is 46.9 Å². The molecule has 0 aliphatic heterocycles. The molecule has 1 aromatic carbocycles. The summed E-state index contributed by atoms with van der Waals surface area (Å²) in [5, 5.41) is 3.63. The van der Waals surface area contributed by atoms with E-state index in [0.29, 0.717) is 16.9 Å². The average molecular weight is 298 g/mol. The van der Waals surface area contributed by atoms with E-state index >= 15 is 0 Å². The van der Waals surface area contributed by atoms with E-state index in [1.807, 2.05) is 13.8 Å². The SMILES string of the molecule is Cc1noc(COC(=O)c2ccc3nc(C)c(C)nc3c2)n1. The van der Waals surface area contributed by atoms with Crippen LogP contribution in [0.25, 0.3) is 11.0 Å². The van der Waals surface area contributed by atoms with E-state index in [0.717, 1.165) is 16.9 Å². The number of hydrogen-bond acceptors (Lipinski definition) is 7. The Morgan fingerprint density at radius 3 is 2.50 bits per heavy atom. The van der Waals surface area contributed by atoms with Crippen LogP contribution in [0.1, 0.15) is 33.5 Å². The van der Waals surface area contributed by atoms with E-state index in [1.165, 1.54) is 0 Å². The Kier molecular flexibility index (Phi) is 3.54. The standard InChI is InChI=1S/C15H14N4O3/c1-8-9(2)17-13-6-11(4-5-12(13)16-8)15(20)21-7-14-18-10(3)19-22-14/h4-6H,7H2,1-3H3. The first-order valence-electron chi connectivity index (χ1n) is 6.74. The van der Waals surface area contributed by atoms with Gasteiger partial charge >= 0.3 is 5.97 Å². The van der Waals surface area contributed by atoms with E-state index in [1.54, 1.807) is 25.1 Å². The summed E-state index contributed by atoms with van der Waals surface area (Å²) in [6.07, 6.45) is 0. The van der Waals surface area contributed by atoms with Crippen LogP contribution < -0.4 is 0 Å². The highest BCUT2D eigenvalue weighted by Gasteiger charge is 2.12. The summed E-state index contributed by atoms with van der Waals surface area (Å²) < 4.78 is 10.0. The molecule has 0 amide bonds. The van der Waals surface area contributed by atoms with Crippen LogP contribution in [-0.4, -0.2) is 26.1 Å². The van der Waals surface area contributed by atoms with Gasteiger partial charge < -0.3 is 9.26 Å². The largest absolute Gasteiger partial charge is 0.452 e. The number of carbonyl (C=O) groups excluding carboxylic acids is 1. The van der Waals surface area contributed by atoms with Crippen molar-refractivity contribution in [3.8, 4) is 0 Å². The molecule has 3 aromatic rings. The Balaban J connectivity index is 1.80. The van der Waals surface area contributed by atoms with Crippen molar-refractivity contribution in [1.29, 1.82) is 0 Å². The fourth-order valence-corrected chi connectivity index (χ4v) is 1.97. The summed E-state index contributed by atoms with van der Waals surface area (Å²) in [7, 11) is 0.